The van der Waals surface area contributed by atoms with Gasteiger partial charge in [-0.2, -0.15) is 5.10 Å². The molecule has 1 heterocycles. The summed E-state index contributed by atoms with van der Waals surface area (Å²) in [5, 5.41) is 7.01. The molecule has 0 unspecified atom stereocenters. The number of anilines is 1. The van der Waals surface area contributed by atoms with E-state index >= 15 is 0 Å². The lowest BCUT2D eigenvalue weighted by atomic mass is 10.0. The Balaban J connectivity index is 0.00000220. The van der Waals surface area contributed by atoms with Crippen molar-refractivity contribution in [2.24, 2.45) is 11.7 Å². The van der Waals surface area contributed by atoms with E-state index in [9.17, 15) is 4.79 Å². The Hall–Kier alpha value is -1.85. The number of aromatic nitrogens is 2. The minimum atomic E-state index is -0.491. The number of nitrogens with zero attached hydrogens (tertiary/aromatic N) is 2. The van der Waals surface area contributed by atoms with Gasteiger partial charge in [0.05, 0.1) is 29.8 Å². The Kier molecular flexibility index (Phi) is 6.39. The molecular formula is C15H21ClN4O. The zero-order valence-corrected chi connectivity index (χ0v) is 13.0. The minimum absolute atomic E-state index is 0. The summed E-state index contributed by atoms with van der Waals surface area (Å²) in [5.41, 5.74) is 7.44. The quantitative estimate of drug-likeness (QED) is 0.891. The van der Waals surface area contributed by atoms with Gasteiger partial charge in [-0.25, -0.2) is 4.68 Å². The molecule has 0 radical (unpaired) electrons. The third-order valence-electron chi connectivity index (χ3n) is 2.93. The lowest BCUT2D eigenvalue weighted by molar-refractivity contribution is -0.117. The molecule has 6 heteroatoms. The molecule has 1 amide bonds. The largest absolute Gasteiger partial charge is 0.322 e. The van der Waals surface area contributed by atoms with Crippen LogP contribution < -0.4 is 11.1 Å². The first-order chi connectivity index (χ1) is 9.56. The molecular weight excluding hydrogens is 288 g/mol. The van der Waals surface area contributed by atoms with Gasteiger partial charge in [0.25, 0.3) is 0 Å². The lowest BCUT2D eigenvalue weighted by Crippen LogP contribution is -2.36. The van der Waals surface area contributed by atoms with E-state index in [0.29, 0.717) is 18.0 Å². The SMILES string of the molecule is CC(C)C[C@H](N)C(=O)Nc1cnn(-c2ccccc2)c1.Cl. The van der Waals surface area contributed by atoms with E-state index in [0.717, 1.165) is 5.69 Å². The standard InChI is InChI=1S/C15H20N4O.ClH/c1-11(2)8-14(16)15(20)18-12-9-17-19(10-12)13-6-4-3-5-7-13;/h3-7,9-11,14H,8,16H2,1-2H3,(H,18,20);1H/t14-;/m0./s1. The van der Waals surface area contributed by atoms with Crippen LogP contribution in [0.1, 0.15) is 20.3 Å². The summed E-state index contributed by atoms with van der Waals surface area (Å²) in [6.07, 6.45) is 4.06. The van der Waals surface area contributed by atoms with Crippen molar-refractivity contribution < 1.29 is 4.79 Å². The first-order valence-electron chi connectivity index (χ1n) is 6.73. The second-order valence-electron chi connectivity index (χ2n) is 5.23. The van der Waals surface area contributed by atoms with Crippen molar-refractivity contribution in [2.75, 3.05) is 5.32 Å². The zero-order chi connectivity index (χ0) is 14.5. The van der Waals surface area contributed by atoms with Gasteiger partial charge in [0.1, 0.15) is 0 Å². The molecule has 0 aliphatic carbocycles. The summed E-state index contributed by atoms with van der Waals surface area (Å²) in [6.45, 7) is 4.08. The van der Waals surface area contributed by atoms with Crippen LogP contribution in [0.5, 0.6) is 0 Å². The number of nitrogens with one attached hydrogen (secondary N) is 1. The maximum Gasteiger partial charge on any atom is 0.241 e. The highest BCUT2D eigenvalue weighted by Gasteiger charge is 2.15. The van der Waals surface area contributed by atoms with Crippen LogP contribution >= 0.6 is 12.4 Å². The normalized spacial score (nSPS) is 11.8. The molecule has 0 spiro atoms. The number of rotatable bonds is 5. The summed E-state index contributed by atoms with van der Waals surface area (Å²) < 4.78 is 1.71. The van der Waals surface area contributed by atoms with E-state index in [1.807, 2.05) is 44.2 Å². The fraction of sp³-hybridized carbons (Fsp3) is 0.333. The first-order valence-corrected chi connectivity index (χ1v) is 6.73. The van der Waals surface area contributed by atoms with E-state index in [1.165, 1.54) is 0 Å². The molecule has 1 atom stereocenters. The van der Waals surface area contributed by atoms with Crippen LogP contribution in [0, 0.1) is 5.92 Å². The Bertz CT molecular complexity index is 568. The number of hydrogen-bond donors (Lipinski definition) is 2. The van der Waals surface area contributed by atoms with Crippen LogP contribution in [0.4, 0.5) is 5.69 Å². The van der Waals surface area contributed by atoms with Crippen LogP contribution in [-0.4, -0.2) is 21.7 Å². The monoisotopic (exact) mass is 308 g/mol. The Labute approximate surface area is 130 Å². The number of para-hydroxylation sites is 1. The Morgan fingerprint density at radius 2 is 2.00 bits per heavy atom. The summed E-state index contributed by atoms with van der Waals surface area (Å²) in [7, 11) is 0. The van der Waals surface area contributed by atoms with Gasteiger partial charge >= 0.3 is 0 Å². The van der Waals surface area contributed by atoms with Crippen molar-refractivity contribution in [1.82, 2.24) is 9.78 Å². The number of amides is 1. The Morgan fingerprint density at radius 1 is 1.33 bits per heavy atom. The van der Waals surface area contributed by atoms with Gasteiger partial charge in [-0.15, -0.1) is 12.4 Å². The Morgan fingerprint density at radius 3 is 2.62 bits per heavy atom. The lowest BCUT2D eigenvalue weighted by Gasteiger charge is -2.12. The molecule has 1 aromatic heterocycles. The average Bonchev–Trinajstić information content (AvgIpc) is 2.87. The molecule has 0 fully saturated rings. The first kappa shape index (κ1) is 17.2. The number of carbonyl (C=O) groups excluding carboxylic acids is 1. The average molecular weight is 309 g/mol. The van der Waals surface area contributed by atoms with Gasteiger partial charge in [0, 0.05) is 0 Å². The van der Waals surface area contributed by atoms with E-state index < -0.39 is 6.04 Å². The molecule has 5 nitrogen and oxygen atoms in total. The summed E-state index contributed by atoms with van der Waals surface area (Å²) in [6, 6.07) is 9.23. The molecule has 0 aliphatic heterocycles. The summed E-state index contributed by atoms with van der Waals surface area (Å²) >= 11 is 0. The smallest absolute Gasteiger partial charge is 0.241 e. The third-order valence-corrected chi connectivity index (χ3v) is 2.93. The van der Waals surface area contributed by atoms with Gasteiger partial charge in [-0.3, -0.25) is 4.79 Å². The fourth-order valence-corrected chi connectivity index (χ4v) is 1.96. The topological polar surface area (TPSA) is 72.9 Å². The van der Waals surface area contributed by atoms with E-state index in [2.05, 4.69) is 10.4 Å². The van der Waals surface area contributed by atoms with Gasteiger partial charge in [0.15, 0.2) is 0 Å². The van der Waals surface area contributed by atoms with E-state index in [-0.39, 0.29) is 18.3 Å². The van der Waals surface area contributed by atoms with Crippen molar-refractivity contribution in [3.05, 3.63) is 42.7 Å². The highest BCUT2D eigenvalue weighted by molar-refractivity contribution is 5.94. The number of nitrogens with two attached hydrogens (primary N) is 1. The molecule has 0 saturated heterocycles. The maximum atomic E-state index is 11.9. The van der Waals surface area contributed by atoms with Crippen LogP contribution in [0.2, 0.25) is 0 Å². The molecule has 21 heavy (non-hydrogen) atoms. The predicted molar refractivity (Wildman–Crippen MR) is 86.9 cm³/mol. The van der Waals surface area contributed by atoms with Gasteiger partial charge < -0.3 is 11.1 Å². The molecule has 3 N–H and O–H groups in total. The van der Waals surface area contributed by atoms with Gasteiger partial charge in [-0.1, -0.05) is 32.0 Å². The van der Waals surface area contributed by atoms with Crippen molar-refractivity contribution >= 4 is 24.0 Å². The predicted octanol–water partition coefficient (Wildman–Crippen LogP) is 2.61. The number of benzene rings is 1. The molecule has 0 bridgehead atoms. The number of halogens is 1. The maximum absolute atomic E-state index is 11.9. The van der Waals surface area contributed by atoms with Crippen LogP contribution in [-0.2, 0) is 4.79 Å². The molecule has 114 valence electrons. The van der Waals surface area contributed by atoms with E-state index in [4.69, 9.17) is 5.73 Å². The van der Waals surface area contributed by atoms with Gasteiger partial charge in [0.2, 0.25) is 5.91 Å². The highest BCUT2D eigenvalue weighted by atomic mass is 35.5. The van der Waals surface area contributed by atoms with Crippen molar-refractivity contribution in [2.45, 2.75) is 26.3 Å². The molecule has 0 saturated carbocycles. The second-order valence-corrected chi connectivity index (χ2v) is 5.23. The molecule has 2 rings (SSSR count). The van der Waals surface area contributed by atoms with Crippen molar-refractivity contribution in [3.63, 3.8) is 0 Å². The number of hydrogen-bond acceptors (Lipinski definition) is 3. The van der Waals surface area contributed by atoms with Crippen LogP contribution in [0.25, 0.3) is 5.69 Å². The third kappa shape index (κ3) is 4.88. The zero-order valence-electron chi connectivity index (χ0n) is 12.2. The molecule has 2 aromatic rings. The minimum Gasteiger partial charge on any atom is -0.322 e. The number of carbonyl (C=O) groups is 1. The molecule has 1 aromatic carbocycles. The summed E-state index contributed by atoms with van der Waals surface area (Å²) in [4.78, 5) is 11.9. The fourth-order valence-electron chi connectivity index (χ4n) is 1.96. The van der Waals surface area contributed by atoms with Crippen LogP contribution in [0.15, 0.2) is 42.7 Å². The van der Waals surface area contributed by atoms with Crippen molar-refractivity contribution in [3.8, 4) is 5.69 Å². The van der Waals surface area contributed by atoms with E-state index in [1.54, 1.807) is 17.1 Å². The van der Waals surface area contributed by atoms with Crippen LogP contribution in [0.3, 0.4) is 0 Å². The molecule has 0 aliphatic rings. The van der Waals surface area contributed by atoms with Crippen molar-refractivity contribution in [1.29, 1.82) is 0 Å². The highest BCUT2D eigenvalue weighted by Crippen LogP contribution is 2.12. The summed E-state index contributed by atoms with van der Waals surface area (Å²) in [5.74, 6) is 0.217. The second kappa shape index (κ2) is 7.81. The van der Waals surface area contributed by atoms with Gasteiger partial charge in [-0.05, 0) is 24.5 Å².